The highest BCUT2D eigenvalue weighted by molar-refractivity contribution is 6.09. The SMILES string of the molecule is CCCCCC(Oc1ccc(C(=O)c2cc(CCCCCC(=O)O)c3ccccn23)cc1)c1ccc(CC(C)C)cc1. The van der Waals surface area contributed by atoms with Gasteiger partial charge < -0.3 is 14.2 Å². The number of aryl methyl sites for hydroxylation is 1. The van der Waals surface area contributed by atoms with E-state index in [9.17, 15) is 9.59 Å². The Bertz CT molecular complexity index is 1430. The molecule has 0 saturated carbocycles. The fraction of sp³-hybridized carbons (Fsp3) is 0.405. The Labute approximate surface area is 250 Å². The van der Waals surface area contributed by atoms with Gasteiger partial charge in [-0.2, -0.15) is 0 Å². The number of hydrogen-bond donors (Lipinski definition) is 1. The molecule has 1 atom stereocenters. The average Bonchev–Trinajstić information content (AvgIpc) is 3.35. The van der Waals surface area contributed by atoms with E-state index in [0.717, 1.165) is 61.8 Å². The van der Waals surface area contributed by atoms with E-state index in [1.54, 1.807) is 0 Å². The number of fused-ring (bicyclic) bond motifs is 1. The third-order valence-electron chi connectivity index (χ3n) is 7.79. The van der Waals surface area contributed by atoms with Crippen LogP contribution in [0.2, 0.25) is 0 Å². The van der Waals surface area contributed by atoms with Crippen molar-refractivity contribution in [2.45, 2.75) is 91.1 Å². The third kappa shape index (κ3) is 8.58. The van der Waals surface area contributed by atoms with Gasteiger partial charge in [-0.1, -0.05) is 70.4 Å². The second-order valence-corrected chi connectivity index (χ2v) is 11.8. The summed E-state index contributed by atoms with van der Waals surface area (Å²) in [5.41, 5.74) is 5.94. The molecular weight excluding hydrogens is 522 g/mol. The highest BCUT2D eigenvalue weighted by atomic mass is 16.5. The molecule has 0 aliphatic carbocycles. The number of benzene rings is 2. The lowest BCUT2D eigenvalue weighted by molar-refractivity contribution is -0.137. The zero-order valence-electron chi connectivity index (χ0n) is 25.4. The highest BCUT2D eigenvalue weighted by Gasteiger charge is 2.18. The van der Waals surface area contributed by atoms with Crippen LogP contribution in [0.25, 0.3) is 5.52 Å². The first-order chi connectivity index (χ1) is 20.4. The van der Waals surface area contributed by atoms with Crippen molar-refractivity contribution in [3.8, 4) is 5.75 Å². The number of unbranched alkanes of at least 4 members (excludes halogenated alkanes) is 4. The van der Waals surface area contributed by atoms with Gasteiger partial charge in [0.05, 0.1) is 5.69 Å². The molecule has 2 aromatic carbocycles. The van der Waals surface area contributed by atoms with Gasteiger partial charge in [0.2, 0.25) is 5.78 Å². The van der Waals surface area contributed by atoms with Crippen molar-refractivity contribution < 1.29 is 19.4 Å². The second kappa shape index (κ2) is 15.4. The summed E-state index contributed by atoms with van der Waals surface area (Å²) in [5.74, 6) is 0.610. The first-order valence-corrected chi connectivity index (χ1v) is 15.6. The average molecular weight is 568 g/mol. The van der Waals surface area contributed by atoms with Gasteiger partial charge in [0.15, 0.2) is 0 Å². The number of carbonyl (C=O) groups excluding carboxylic acids is 1. The van der Waals surface area contributed by atoms with Gasteiger partial charge in [-0.25, -0.2) is 0 Å². The van der Waals surface area contributed by atoms with Crippen molar-refractivity contribution in [3.63, 3.8) is 0 Å². The van der Waals surface area contributed by atoms with Gasteiger partial charge in [-0.3, -0.25) is 9.59 Å². The topological polar surface area (TPSA) is 68.0 Å². The molecule has 0 spiro atoms. The molecule has 1 unspecified atom stereocenters. The normalized spacial score (nSPS) is 12.1. The van der Waals surface area contributed by atoms with E-state index < -0.39 is 5.97 Å². The smallest absolute Gasteiger partial charge is 0.303 e. The molecule has 0 fully saturated rings. The van der Waals surface area contributed by atoms with Crippen LogP contribution in [-0.2, 0) is 17.6 Å². The summed E-state index contributed by atoms with van der Waals surface area (Å²) in [7, 11) is 0. The molecule has 42 heavy (non-hydrogen) atoms. The molecule has 1 N–H and O–H groups in total. The number of aromatic nitrogens is 1. The Morgan fingerprint density at radius 2 is 1.64 bits per heavy atom. The summed E-state index contributed by atoms with van der Waals surface area (Å²) in [4.78, 5) is 24.4. The molecule has 2 heterocycles. The molecule has 0 aliphatic rings. The minimum Gasteiger partial charge on any atom is -0.486 e. The van der Waals surface area contributed by atoms with Crippen molar-refractivity contribution in [2.75, 3.05) is 0 Å². The molecule has 0 amide bonds. The highest BCUT2D eigenvalue weighted by Crippen LogP contribution is 2.29. The number of nitrogens with zero attached hydrogens (tertiary/aromatic N) is 1. The van der Waals surface area contributed by atoms with Crippen molar-refractivity contribution in [2.24, 2.45) is 5.92 Å². The number of carbonyl (C=O) groups is 2. The van der Waals surface area contributed by atoms with Crippen molar-refractivity contribution >= 4 is 17.3 Å². The lowest BCUT2D eigenvalue weighted by Crippen LogP contribution is -2.09. The van der Waals surface area contributed by atoms with Crippen molar-refractivity contribution in [1.29, 1.82) is 0 Å². The van der Waals surface area contributed by atoms with Crippen LogP contribution in [0, 0.1) is 5.92 Å². The summed E-state index contributed by atoms with van der Waals surface area (Å²) in [6.45, 7) is 6.70. The number of carboxylic acids is 1. The van der Waals surface area contributed by atoms with Crippen LogP contribution in [0.3, 0.4) is 0 Å². The maximum Gasteiger partial charge on any atom is 0.303 e. The van der Waals surface area contributed by atoms with Crippen molar-refractivity contribution in [3.05, 3.63) is 107 Å². The molecule has 5 heteroatoms. The Morgan fingerprint density at radius 3 is 2.33 bits per heavy atom. The predicted molar refractivity (Wildman–Crippen MR) is 170 cm³/mol. The second-order valence-electron chi connectivity index (χ2n) is 11.8. The minimum atomic E-state index is -0.753. The van der Waals surface area contributed by atoms with Gasteiger partial charge >= 0.3 is 5.97 Å². The summed E-state index contributed by atoms with van der Waals surface area (Å²) < 4.78 is 8.47. The Hall–Kier alpha value is -3.86. The van der Waals surface area contributed by atoms with Gasteiger partial charge in [-0.05, 0) is 104 Å². The summed E-state index contributed by atoms with van der Waals surface area (Å²) in [6, 6.07) is 24.3. The van der Waals surface area contributed by atoms with Crippen molar-refractivity contribution in [1.82, 2.24) is 4.40 Å². The van der Waals surface area contributed by atoms with Gasteiger partial charge in [0, 0.05) is 23.7 Å². The fourth-order valence-corrected chi connectivity index (χ4v) is 5.58. The van der Waals surface area contributed by atoms with Crippen LogP contribution >= 0.6 is 0 Å². The third-order valence-corrected chi connectivity index (χ3v) is 7.79. The molecule has 0 bridgehead atoms. The van der Waals surface area contributed by atoms with Crippen LogP contribution in [0.4, 0.5) is 0 Å². The summed E-state index contributed by atoms with van der Waals surface area (Å²) >= 11 is 0. The Morgan fingerprint density at radius 1 is 0.881 bits per heavy atom. The van der Waals surface area contributed by atoms with E-state index in [1.165, 1.54) is 17.5 Å². The molecule has 4 aromatic rings. The molecule has 0 saturated heterocycles. The Kier molecular flexibility index (Phi) is 11.4. The van der Waals surface area contributed by atoms with Crippen LogP contribution in [0.1, 0.15) is 111 Å². The quantitative estimate of drug-likeness (QED) is 0.102. The van der Waals surface area contributed by atoms with E-state index in [-0.39, 0.29) is 18.3 Å². The van der Waals surface area contributed by atoms with Crippen LogP contribution in [0.15, 0.2) is 79.0 Å². The number of rotatable bonds is 17. The first-order valence-electron chi connectivity index (χ1n) is 15.6. The molecular formula is C37H45NO4. The summed E-state index contributed by atoms with van der Waals surface area (Å²) in [5, 5.41) is 8.88. The van der Waals surface area contributed by atoms with Crippen LogP contribution in [-0.4, -0.2) is 21.3 Å². The number of ether oxygens (including phenoxy) is 1. The maximum absolute atomic E-state index is 13.6. The summed E-state index contributed by atoms with van der Waals surface area (Å²) in [6.07, 6.45) is 10.8. The zero-order valence-corrected chi connectivity index (χ0v) is 25.4. The number of carboxylic acid groups (broad SMARTS) is 1. The number of hydrogen-bond acceptors (Lipinski definition) is 3. The number of ketones is 1. The van der Waals surface area contributed by atoms with E-state index in [2.05, 4.69) is 45.0 Å². The zero-order chi connectivity index (χ0) is 29.9. The van der Waals surface area contributed by atoms with Crippen LogP contribution < -0.4 is 4.74 Å². The largest absolute Gasteiger partial charge is 0.486 e. The van der Waals surface area contributed by atoms with Gasteiger partial charge in [0.25, 0.3) is 0 Å². The van der Waals surface area contributed by atoms with E-state index >= 15 is 0 Å². The minimum absolute atomic E-state index is 0.0277. The fourth-order valence-electron chi connectivity index (χ4n) is 5.58. The van der Waals surface area contributed by atoms with E-state index in [0.29, 0.717) is 23.6 Å². The van der Waals surface area contributed by atoms with Gasteiger partial charge in [-0.15, -0.1) is 0 Å². The maximum atomic E-state index is 13.6. The molecule has 2 aromatic heterocycles. The predicted octanol–water partition coefficient (Wildman–Crippen LogP) is 9.26. The number of aliphatic carboxylic acids is 1. The molecule has 5 nitrogen and oxygen atoms in total. The Balaban J connectivity index is 1.47. The molecule has 4 rings (SSSR count). The number of pyridine rings is 1. The van der Waals surface area contributed by atoms with Gasteiger partial charge in [0.1, 0.15) is 11.9 Å². The lowest BCUT2D eigenvalue weighted by atomic mass is 9.98. The monoisotopic (exact) mass is 567 g/mol. The van der Waals surface area contributed by atoms with Crippen LogP contribution in [0.5, 0.6) is 5.75 Å². The van der Waals surface area contributed by atoms with E-state index in [4.69, 9.17) is 9.84 Å². The molecule has 0 radical (unpaired) electrons. The van der Waals surface area contributed by atoms with E-state index in [1.807, 2.05) is 59.1 Å². The molecule has 0 aliphatic heterocycles. The first kappa shape index (κ1) is 31.1. The molecule has 222 valence electrons. The lowest BCUT2D eigenvalue weighted by Gasteiger charge is -2.20. The standard InChI is InChI=1S/C37H45NO4/c1-4-5-7-14-35(29-18-16-28(17-19-29)25-27(2)3)42-32-22-20-30(21-23-32)37(41)34-26-31(12-8-6-9-15-36(39)40)33-13-10-11-24-38(33)34/h10-11,13,16-24,26-27,35H,4-9,12,14-15,25H2,1-3H3,(H,39,40).